The van der Waals surface area contributed by atoms with Crippen molar-refractivity contribution in [3.05, 3.63) is 17.7 Å². The van der Waals surface area contributed by atoms with Gasteiger partial charge in [-0.05, 0) is 19.0 Å². The van der Waals surface area contributed by atoms with Crippen LogP contribution in [0.4, 0.5) is 0 Å². The summed E-state index contributed by atoms with van der Waals surface area (Å²) in [5.74, 6) is 4.67. The van der Waals surface area contributed by atoms with Crippen molar-refractivity contribution in [2.24, 2.45) is 0 Å². The SMILES string of the molecule is C#CC(NCCC)c1cc(OC)c(OC)cc1OC. The number of benzene rings is 1. The van der Waals surface area contributed by atoms with Crippen molar-refractivity contribution in [1.29, 1.82) is 0 Å². The van der Waals surface area contributed by atoms with Crippen molar-refractivity contribution in [1.82, 2.24) is 5.32 Å². The summed E-state index contributed by atoms with van der Waals surface area (Å²) in [5.41, 5.74) is 0.871. The molecule has 4 nitrogen and oxygen atoms in total. The van der Waals surface area contributed by atoms with Crippen LogP contribution in [-0.4, -0.2) is 27.9 Å². The van der Waals surface area contributed by atoms with E-state index < -0.39 is 0 Å². The largest absolute Gasteiger partial charge is 0.496 e. The van der Waals surface area contributed by atoms with Crippen LogP contribution < -0.4 is 19.5 Å². The molecule has 0 fully saturated rings. The molecule has 0 bridgehead atoms. The highest BCUT2D eigenvalue weighted by atomic mass is 16.5. The number of hydrogen-bond donors (Lipinski definition) is 1. The Kier molecular flexibility index (Phi) is 6.04. The van der Waals surface area contributed by atoms with Gasteiger partial charge in [-0.1, -0.05) is 12.8 Å². The Morgan fingerprint density at radius 2 is 1.68 bits per heavy atom. The lowest BCUT2D eigenvalue weighted by Crippen LogP contribution is -2.21. The van der Waals surface area contributed by atoms with E-state index in [1.54, 1.807) is 27.4 Å². The van der Waals surface area contributed by atoms with Crippen molar-refractivity contribution < 1.29 is 14.2 Å². The molecule has 1 unspecified atom stereocenters. The van der Waals surface area contributed by atoms with Crippen molar-refractivity contribution in [3.8, 4) is 29.6 Å². The molecule has 0 heterocycles. The molecule has 19 heavy (non-hydrogen) atoms. The second kappa shape index (κ2) is 7.55. The quantitative estimate of drug-likeness (QED) is 0.767. The van der Waals surface area contributed by atoms with Gasteiger partial charge in [-0.15, -0.1) is 6.42 Å². The van der Waals surface area contributed by atoms with E-state index in [0.717, 1.165) is 18.5 Å². The first-order valence-electron chi connectivity index (χ1n) is 6.21. The Bertz CT molecular complexity index is 451. The van der Waals surface area contributed by atoms with Crippen molar-refractivity contribution >= 4 is 0 Å². The van der Waals surface area contributed by atoms with Gasteiger partial charge in [-0.2, -0.15) is 0 Å². The minimum Gasteiger partial charge on any atom is -0.496 e. The number of nitrogens with one attached hydrogen (secondary N) is 1. The van der Waals surface area contributed by atoms with Gasteiger partial charge >= 0.3 is 0 Å². The minimum absolute atomic E-state index is 0.213. The molecule has 0 aliphatic carbocycles. The number of ether oxygens (including phenoxy) is 3. The molecule has 0 spiro atoms. The molecule has 0 aromatic heterocycles. The lowest BCUT2D eigenvalue weighted by Gasteiger charge is -2.19. The van der Waals surface area contributed by atoms with Gasteiger partial charge in [0.1, 0.15) is 5.75 Å². The molecule has 0 amide bonds. The van der Waals surface area contributed by atoms with Crippen molar-refractivity contribution in [2.45, 2.75) is 19.4 Å². The van der Waals surface area contributed by atoms with Crippen LogP contribution in [0.1, 0.15) is 24.9 Å². The zero-order valence-electron chi connectivity index (χ0n) is 11.9. The first-order chi connectivity index (χ1) is 9.21. The lowest BCUT2D eigenvalue weighted by molar-refractivity contribution is 0.346. The van der Waals surface area contributed by atoms with E-state index in [1.165, 1.54) is 0 Å². The average molecular weight is 263 g/mol. The maximum atomic E-state index is 5.59. The maximum absolute atomic E-state index is 5.59. The summed E-state index contributed by atoms with van der Waals surface area (Å²) in [5, 5.41) is 3.29. The fraction of sp³-hybridized carbons (Fsp3) is 0.467. The Morgan fingerprint density at radius 3 is 2.16 bits per heavy atom. The highest BCUT2D eigenvalue weighted by Gasteiger charge is 2.17. The summed E-state index contributed by atoms with van der Waals surface area (Å²) < 4.78 is 15.9. The second-order valence-electron chi connectivity index (χ2n) is 4.00. The third-order valence-corrected chi connectivity index (χ3v) is 2.81. The lowest BCUT2D eigenvalue weighted by atomic mass is 10.0. The highest BCUT2D eigenvalue weighted by Crippen LogP contribution is 2.37. The van der Waals surface area contributed by atoms with E-state index in [2.05, 4.69) is 18.2 Å². The maximum Gasteiger partial charge on any atom is 0.164 e. The van der Waals surface area contributed by atoms with Crippen LogP contribution in [0.25, 0.3) is 0 Å². The standard InChI is InChI=1S/C15H21NO3/c1-6-8-16-12(7-2)11-9-14(18-4)15(19-5)10-13(11)17-3/h2,9-10,12,16H,6,8H2,1,3-5H3. The molecule has 0 aliphatic rings. The Labute approximate surface area is 115 Å². The Morgan fingerprint density at radius 1 is 1.11 bits per heavy atom. The minimum atomic E-state index is -0.213. The molecular formula is C15H21NO3. The van der Waals surface area contributed by atoms with E-state index in [1.807, 2.05) is 6.07 Å². The van der Waals surface area contributed by atoms with Gasteiger partial charge in [0.25, 0.3) is 0 Å². The molecule has 0 aliphatic heterocycles. The summed E-state index contributed by atoms with van der Waals surface area (Å²) >= 11 is 0. The molecule has 0 saturated carbocycles. The summed E-state index contributed by atoms with van der Waals surface area (Å²) in [6, 6.07) is 3.42. The van der Waals surface area contributed by atoms with Crippen LogP contribution in [0.2, 0.25) is 0 Å². The fourth-order valence-corrected chi connectivity index (χ4v) is 1.83. The Hall–Kier alpha value is -1.86. The number of methoxy groups -OCH3 is 3. The molecular weight excluding hydrogens is 242 g/mol. The van der Waals surface area contributed by atoms with Crippen LogP contribution in [0, 0.1) is 12.3 Å². The van der Waals surface area contributed by atoms with Crippen molar-refractivity contribution in [3.63, 3.8) is 0 Å². The zero-order valence-corrected chi connectivity index (χ0v) is 11.9. The van der Waals surface area contributed by atoms with Crippen LogP contribution >= 0.6 is 0 Å². The molecule has 1 rings (SSSR count). The molecule has 0 saturated heterocycles. The molecule has 1 aromatic rings. The smallest absolute Gasteiger partial charge is 0.164 e. The molecule has 104 valence electrons. The topological polar surface area (TPSA) is 39.7 Å². The predicted octanol–water partition coefficient (Wildman–Crippen LogP) is 2.39. The summed E-state index contributed by atoms with van der Waals surface area (Å²) in [6.45, 7) is 2.93. The fourth-order valence-electron chi connectivity index (χ4n) is 1.83. The van der Waals surface area contributed by atoms with Gasteiger partial charge in [-0.3, -0.25) is 5.32 Å². The van der Waals surface area contributed by atoms with E-state index in [-0.39, 0.29) is 6.04 Å². The number of rotatable bonds is 7. The monoisotopic (exact) mass is 263 g/mol. The first-order valence-corrected chi connectivity index (χ1v) is 6.21. The summed E-state index contributed by atoms with van der Waals surface area (Å²) in [4.78, 5) is 0. The molecule has 4 heteroatoms. The second-order valence-corrected chi connectivity index (χ2v) is 4.00. The van der Waals surface area contributed by atoms with E-state index >= 15 is 0 Å². The zero-order chi connectivity index (χ0) is 14.3. The number of terminal acetylenes is 1. The van der Waals surface area contributed by atoms with E-state index in [0.29, 0.717) is 17.2 Å². The Balaban J connectivity index is 3.20. The van der Waals surface area contributed by atoms with Crippen LogP contribution in [0.15, 0.2) is 12.1 Å². The van der Waals surface area contributed by atoms with E-state index in [9.17, 15) is 0 Å². The third kappa shape index (κ3) is 3.55. The third-order valence-electron chi connectivity index (χ3n) is 2.81. The van der Waals surface area contributed by atoms with Crippen LogP contribution in [0.3, 0.4) is 0 Å². The average Bonchev–Trinajstić information content (AvgIpc) is 2.47. The van der Waals surface area contributed by atoms with Gasteiger partial charge in [0.05, 0.1) is 27.4 Å². The van der Waals surface area contributed by atoms with Crippen LogP contribution in [-0.2, 0) is 0 Å². The van der Waals surface area contributed by atoms with Gasteiger partial charge in [0, 0.05) is 11.6 Å². The van der Waals surface area contributed by atoms with E-state index in [4.69, 9.17) is 20.6 Å². The van der Waals surface area contributed by atoms with Gasteiger partial charge in [-0.25, -0.2) is 0 Å². The highest BCUT2D eigenvalue weighted by molar-refractivity contribution is 5.53. The number of hydrogen-bond acceptors (Lipinski definition) is 4. The first kappa shape index (κ1) is 15.2. The normalized spacial score (nSPS) is 11.5. The molecule has 0 radical (unpaired) electrons. The van der Waals surface area contributed by atoms with Crippen LogP contribution in [0.5, 0.6) is 17.2 Å². The summed E-state index contributed by atoms with van der Waals surface area (Å²) in [6.07, 6.45) is 6.60. The van der Waals surface area contributed by atoms with Gasteiger partial charge in [0.15, 0.2) is 11.5 Å². The predicted molar refractivity (Wildman–Crippen MR) is 76.0 cm³/mol. The van der Waals surface area contributed by atoms with Gasteiger partial charge in [0.2, 0.25) is 0 Å². The summed E-state index contributed by atoms with van der Waals surface area (Å²) in [7, 11) is 4.79. The van der Waals surface area contributed by atoms with Crippen molar-refractivity contribution in [2.75, 3.05) is 27.9 Å². The van der Waals surface area contributed by atoms with Gasteiger partial charge < -0.3 is 14.2 Å². The molecule has 1 aromatic carbocycles. The molecule has 1 atom stereocenters. The molecule has 1 N–H and O–H groups in total.